The van der Waals surface area contributed by atoms with Crippen LogP contribution in [0.1, 0.15) is 37.3 Å². The zero-order valence-electron chi connectivity index (χ0n) is 8.55. The molecule has 2 N–H and O–H groups in total. The average Bonchev–Trinajstić information content (AvgIpc) is 2.11. The molecule has 0 spiro atoms. The molecule has 1 aliphatic carbocycles. The van der Waals surface area contributed by atoms with Crippen molar-refractivity contribution in [3.05, 3.63) is 34.6 Å². The van der Waals surface area contributed by atoms with Crippen LogP contribution in [-0.2, 0) is 0 Å². The highest BCUT2D eigenvalue weighted by molar-refractivity contribution is 6.31. The van der Waals surface area contributed by atoms with E-state index >= 15 is 0 Å². The van der Waals surface area contributed by atoms with E-state index in [1.54, 1.807) is 6.07 Å². The molecule has 15 heavy (non-hydrogen) atoms. The normalized spacial score (nSPS) is 18.6. The Morgan fingerprint density at radius 1 is 1.47 bits per heavy atom. The summed E-state index contributed by atoms with van der Waals surface area (Å²) in [4.78, 5) is 0. The van der Waals surface area contributed by atoms with Gasteiger partial charge in [0.15, 0.2) is 0 Å². The molecule has 1 fully saturated rings. The molecule has 0 saturated heterocycles. The second kappa shape index (κ2) is 4.50. The van der Waals surface area contributed by atoms with Crippen molar-refractivity contribution in [1.29, 1.82) is 0 Å². The summed E-state index contributed by atoms with van der Waals surface area (Å²) >= 11 is 5.95. The van der Waals surface area contributed by atoms with Gasteiger partial charge in [-0.2, -0.15) is 0 Å². The summed E-state index contributed by atoms with van der Waals surface area (Å²) in [5, 5.41) is 0.446. The molecule has 2 rings (SSSR count). The van der Waals surface area contributed by atoms with E-state index in [1.807, 2.05) is 0 Å². The van der Waals surface area contributed by atoms with Crippen LogP contribution in [0.4, 0.5) is 4.39 Å². The largest absolute Gasteiger partial charge is 0.324 e. The van der Waals surface area contributed by atoms with Crippen LogP contribution >= 0.6 is 11.6 Å². The molecule has 1 atom stereocenters. The quantitative estimate of drug-likeness (QED) is 0.838. The first-order valence-corrected chi connectivity index (χ1v) is 5.75. The third kappa shape index (κ3) is 2.50. The monoisotopic (exact) mass is 227 g/mol. The van der Waals surface area contributed by atoms with Gasteiger partial charge in [0, 0.05) is 11.1 Å². The first kappa shape index (κ1) is 10.9. The molecule has 1 saturated carbocycles. The molecular formula is C12H15ClFN. The Morgan fingerprint density at radius 3 is 2.73 bits per heavy atom. The van der Waals surface area contributed by atoms with E-state index in [-0.39, 0.29) is 11.9 Å². The first-order valence-electron chi connectivity index (χ1n) is 5.37. The van der Waals surface area contributed by atoms with Gasteiger partial charge in [-0.05, 0) is 30.0 Å². The summed E-state index contributed by atoms with van der Waals surface area (Å²) < 4.78 is 12.8. The Bertz CT molecular complexity index is 349. The third-order valence-corrected chi connectivity index (χ3v) is 3.50. The molecule has 0 bridgehead atoms. The van der Waals surface area contributed by atoms with Crippen molar-refractivity contribution >= 4 is 11.6 Å². The van der Waals surface area contributed by atoms with Crippen LogP contribution in [0.2, 0.25) is 5.02 Å². The maximum absolute atomic E-state index is 12.8. The minimum Gasteiger partial charge on any atom is -0.324 e. The molecule has 0 heterocycles. The maximum Gasteiger partial charge on any atom is 0.124 e. The number of nitrogens with two attached hydrogens (primary N) is 1. The van der Waals surface area contributed by atoms with Crippen molar-refractivity contribution in [3.63, 3.8) is 0 Å². The van der Waals surface area contributed by atoms with Crippen LogP contribution in [0.15, 0.2) is 18.2 Å². The summed E-state index contributed by atoms with van der Waals surface area (Å²) in [5.74, 6) is 0.431. The highest BCUT2D eigenvalue weighted by atomic mass is 35.5. The van der Waals surface area contributed by atoms with Crippen molar-refractivity contribution in [3.8, 4) is 0 Å². The Kier molecular flexibility index (Phi) is 3.27. The second-order valence-corrected chi connectivity index (χ2v) is 4.71. The molecule has 1 aliphatic rings. The summed E-state index contributed by atoms with van der Waals surface area (Å²) in [6.45, 7) is 0. The molecule has 0 aliphatic heterocycles. The number of hydrogen-bond donors (Lipinski definition) is 1. The van der Waals surface area contributed by atoms with Gasteiger partial charge in [0.1, 0.15) is 5.82 Å². The third-order valence-electron chi connectivity index (χ3n) is 3.17. The number of rotatable bonds is 3. The van der Waals surface area contributed by atoms with Crippen LogP contribution in [-0.4, -0.2) is 0 Å². The van der Waals surface area contributed by atoms with E-state index in [1.165, 1.54) is 31.4 Å². The van der Waals surface area contributed by atoms with Crippen LogP contribution in [0.25, 0.3) is 0 Å². The number of benzene rings is 1. The Hall–Kier alpha value is -0.600. The van der Waals surface area contributed by atoms with E-state index in [0.717, 1.165) is 17.9 Å². The average molecular weight is 228 g/mol. The molecule has 1 unspecified atom stereocenters. The molecule has 0 radical (unpaired) electrons. The molecule has 3 heteroatoms. The van der Waals surface area contributed by atoms with Crippen LogP contribution in [0, 0.1) is 11.7 Å². The molecule has 0 amide bonds. The molecule has 1 aromatic carbocycles. The Morgan fingerprint density at radius 2 is 2.20 bits per heavy atom. The van der Waals surface area contributed by atoms with Gasteiger partial charge in [-0.1, -0.05) is 36.9 Å². The van der Waals surface area contributed by atoms with Gasteiger partial charge in [0.2, 0.25) is 0 Å². The lowest BCUT2D eigenvalue weighted by atomic mass is 9.80. The predicted molar refractivity (Wildman–Crippen MR) is 60.3 cm³/mol. The van der Waals surface area contributed by atoms with Crippen molar-refractivity contribution in [2.24, 2.45) is 11.7 Å². The Balaban J connectivity index is 2.06. The lowest BCUT2D eigenvalue weighted by molar-refractivity contribution is 0.277. The van der Waals surface area contributed by atoms with E-state index in [0.29, 0.717) is 5.02 Å². The fourth-order valence-corrected chi connectivity index (χ4v) is 2.32. The minimum absolute atomic E-state index is 0.0524. The van der Waals surface area contributed by atoms with Crippen molar-refractivity contribution in [2.45, 2.75) is 31.7 Å². The van der Waals surface area contributed by atoms with Crippen LogP contribution in [0.3, 0.4) is 0 Å². The van der Waals surface area contributed by atoms with Gasteiger partial charge in [-0.15, -0.1) is 0 Å². The van der Waals surface area contributed by atoms with Crippen LogP contribution in [0.5, 0.6) is 0 Å². The van der Waals surface area contributed by atoms with Gasteiger partial charge >= 0.3 is 0 Å². The van der Waals surface area contributed by atoms with Gasteiger partial charge in [0.25, 0.3) is 0 Å². The number of halogens is 2. The van der Waals surface area contributed by atoms with E-state index in [2.05, 4.69) is 0 Å². The SMILES string of the molecule is NC(CC1CCC1)c1ccc(F)cc1Cl. The minimum atomic E-state index is -0.306. The second-order valence-electron chi connectivity index (χ2n) is 4.30. The first-order chi connectivity index (χ1) is 7.16. The molecule has 1 aromatic rings. The zero-order valence-corrected chi connectivity index (χ0v) is 9.30. The summed E-state index contributed by atoms with van der Waals surface area (Å²) in [5.41, 5.74) is 6.92. The molecule has 1 nitrogen and oxygen atoms in total. The topological polar surface area (TPSA) is 26.0 Å². The summed E-state index contributed by atoms with van der Waals surface area (Å²) in [7, 11) is 0. The number of hydrogen-bond acceptors (Lipinski definition) is 1. The maximum atomic E-state index is 12.8. The standard InChI is InChI=1S/C12H15ClFN/c13-11-7-9(14)4-5-10(11)12(15)6-8-2-1-3-8/h4-5,7-8,12H,1-3,6,15H2. The van der Waals surface area contributed by atoms with Gasteiger partial charge in [0.05, 0.1) is 0 Å². The van der Waals surface area contributed by atoms with Crippen molar-refractivity contribution < 1.29 is 4.39 Å². The molecular weight excluding hydrogens is 213 g/mol. The molecule has 0 aromatic heterocycles. The van der Waals surface area contributed by atoms with Crippen molar-refractivity contribution in [1.82, 2.24) is 0 Å². The predicted octanol–water partition coefficient (Wildman–Crippen LogP) is 3.67. The van der Waals surface area contributed by atoms with Crippen LogP contribution < -0.4 is 5.73 Å². The van der Waals surface area contributed by atoms with Crippen molar-refractivity contribution in [2.75, 3.05) is 0 Å². The van der Waals surface area contributed by atoms with E-state index in [4.69, 9.17) is 17.3 Å². The van der Waals surface area contributed by atoms with Gasteiger partial charge in [-0.3, -0.25) is 0 Å². The zero-order chi connectivity index (χ0) is 10.8. The van der Waals surface area contributed by atoms with E-state index in [9.17, 15) is 4.39 Å². The van der Waals surface area contributed by atoms with E-state index < -0.39 is 0 Å². The fourth-order valence-electron chi connectivity index (χ4n) is 2.02. The highest BCUT2D eigenvalue weighted by Crippen LogP contribution is 2.35. The fraction of sp³-hybridized carbons (Fsp3) is 0.500. The molecule has 82 valence electrons. The smallest absolute Gasteiger partial charge is 0.124 e. The lowest BCUT2D eigenvalue weighted by Crippen LogP contribution is -2.20. The van der Waals surface area contributed by atoms with Gasteiger partial charge in [-0.25, -0.2) is 4.39 Å². The van der Waals surface area contributed by atoms with Gasteiger partial charge < -0.3 is 5.73 Å². The summed E-state index contributed by atoms with van der Waals surface area (Å²) in [6.07, 6.45) is 4.82. The Labute approximate surface area is 94.4 Å². The highest BCUT2D eigenvalue weighted by Gasteiger charge is 2.22. The lowest BCUT2D eigenvalue weighted by Gasteiger charge is -2.28. The summed E-state index contributed by atoms with van der Waals surface area (Å²) in [6, 6.07) is 4.39.